The first-order valence-corrected chi connectivity index (χ1v) is 22.9. The van der Waals surface area contributed by atoms with E-state index in [4.69, 9.17) is 0 Å². The van der Waals surface area contributed by atoms with Crippen molar-refractivity contribution in [2.24, 2.45) is 5.92 Å². The summed E-state index contributed by atoms with van der Waals surface area (Å²) >= 11 is 0. The summed E-state index contributed by atoms with van der Waals surface area (Å²) in [6.07, 6.45) is 57.7. The molecular weight excluding hydrogens is 585 g/mol. The molecule has 0 aliphatic rings. The number of unbranched alkanes of at least 4 members (excludes halogenated alkanes) is 38. The van der Waals surface area contributed by atoms with Gasteiger partial charge in [0.1, 0.15) is 0 Å². The van der Waals surface area contributed by atoms with Crippen LogP contribution in [0.15, 0.2) is 0 Å². The number of rotatable bonds is 43. The minimum Gasteiger partial charge on any atom is -0.481 e. The molecule has 0 saturated heterocycles. The Morgan fingerprint density at radius 3 is 0.583 bits per heavy atom. The predicted molar refractivity (Wildman–Crippen MR) is 216 cm³/mol. The molecule has 0 rings (SSSR count). The highest BCUT2D eigenvalue weighted by Gasteiger charge is 2.16. The monoisotopic (exact) mass is 677 g/mol. The molecule has 1 N–H and O–H groups in total. The maximum absolute atomic E-state index is 11.7. The second-order valence-electron chi connectivity index (χ2n) is 16.0. The van der Waals surface area contributed by atoms with Crippen molar-refractivity contribution < 1.29 is 9.90 Å². The molecule has 0 spiro atoms. The average molecular weight is 677 g/mol. The minimum atomic E-state index is -0.552. The van der Waals surface area contributed by atoms with E-state index in [1.54, 1.807) is 0 Å². The molecule has 1 unspecified atom stereocenters. The zero-order valence-corrected chi connectivity index (χ0v) is 33.6. The molecule has 0 radical (unpaired) electrons. The summed E-state index contributed by atoms with van der Waals surface area (Å²) < 4.78 is 0. The van der Waals surface area contributed by atoms with Gasteiger partial charge in [0.2, 0.25) is 0 Å². The molecule has 0 aromatic carbocycles. The SMILES string of the molecule is CCCCCCCCCCCCCCCCCCCCCCCCCCCCC(CCCCCCCCCCCCCCCC)C(=O)O. The largest absolute Gasteiger partial charge is 0.481 e. The van der Waals surface area contributed by atoms with Crippen LogP contribution >= 0.6 is 0 Å². The lowest BCUT2D eigenvalue weighted by molar-refractivity contribution is -0.142. The standard InChI is InChI=1S/C46H92O2/c1-3-5-7-9-11-13-15-17-19-20-21-22-23-24-25-26-27-28-29-30-32-34-36-38-40-42-44-45(46(47)48)43-41-39-37-35-33-31-18-16-14-12-10-8-6-4-2/h45H,3-44H2,1-2H3,(H,47,48). The highest BCUT2D eigenvalue weighted by Crippen LogP contribution is 2.21. The number of carbonyl (C=O) groups is 1. The molecular formula is C46H92O2. The molecule has 2 heteroatoms. The maximum Gasteiger partial charge on any atom is 0.306 e. The van der Waals surface area contributed by atoms with Gasteiger partial charge in [-0.2, -0.15) is 0 Å². The minimum absolute atomic E-state index is 0.100. The van der Waals surface area contributed by atoms with Gasteiger partial charge >= 0.3 is 5.97 Å². The quantitative estimate of drug-likeness (QED) is 0.0653. The van der Waals surface area contributed by atoms with Crippen molar-refractivity contribution in [2.75, 3.05) is 0 Å². The van der Waals surface area contributed by atoms with Crippen LogP contribution in [0.3, 0.4) is 0 Å². The number of aliphatic carboxylic acids is 1. The Labute approximate surface area is 304 Å². The van der Waals surface area contributed by atoms with Crippen LogP contribution in [0.1, 0.15) is 284 Å². The fourth-order valence-corrected chi connectivity index (χ4v) is 7.68. The lowest BCUT2D eigenvalue weighted by atomic mass is 9.94. The van der Waals surface area contributed by atoms with Crippen molar-refractivity contribution in [3.8, 4) is 0 Å². The topological polar surface area (TPSA) is 37.3 Å². The number of carboxylic acids is 1. The summed E-state index contributed by atoms with van der Waals surface area (Å²) in [6, 6.07) is 0. The van der Waals surface area contributed by atoms with Crippen LogP contribution in [0.2, 0.25) is 0 Å². The van der Waals surface area contributed by atoms with Crippen molar-refractivity contribution in [2.45, 2.75) is 284 Å². The van der Waals surface area contributed by atoms with Crippen LogP contribution < -0.4 is 0 Å². The van der Waals surface area contributed by atoms with E-state index in [0.29, 0.717) is 0 Å². The van der Waals surface area contributed by atoms with Crippen molar-refractivity contribution in [3.05, 3.63) is 0 Å². The smallest absolute Gasteiger partial charge is 0.306 e. The first kappa shape index (κ1) is 47.5. The molecule has 2 nitrogen and oxygen atoms in total. The zero-order chi connectivity index (χ0) is 34.9. The third kappa shape index (κ3) is 39.9. The van der Waals surface area contributed by atoms with E-state index in [1.807, 2.05) is 0 Å². The zero-order valence-electron chi connectivity index (χ0n) is 33.6. The van der Waals surface area contributed by atoms with Crippen LogP contribution in [-0.4, -0.2) is 11.1 Å². The molecule has 0 aromatic heterocycles. The van der Waals surface area contributed by atoms with Crippen LogP contribution in [-0.2, 0) is 4.79 Å². The average Bonchev–Trinajstić information content (AvgIpc) is 3.08. The van der Waals surface area contributed by atoms with E-state index in [9.17, 15) is 9.90 Å². The van der Waals surface area contributed by atoms with Crippen LogP contribution in [0.25, 0.3) is 0 Å². The second-order valence-corrected chi connectivity index (χ2v) is 16.0. The van der Waals surface area contributed by atoms with E-state index in [0.717, 1.165) is 25.7 Å². The third-order valence-corrected chi connectivity index (χ3v) is 11.2. The molecule has 288 valence electrons. The molecule has 0 amide bonds. The van der Waals surface area contributed by atoms with Gasteiger partial charge in [-0.05, 0) is 12.8 Å². The summed E-state index contributed by atoms with van der Waals surface area (Å²) in [5, 5.41) is 9.67. The van der Waals surface area contributed by atoms with Gasteiger partial charge in [0.25, 0.3) is 0 Å². The van der Waals surface area contributed by atoms with Gasteiger partial charge < -0.3 is 5.11 Å². The highest BCUT2D eigenvalue weighted by atomic mass is 16.4. The fourth-order valence-electron chi connectivity index (χ4n) is 7.68. The van der Waals surface area contributed by atoms with Gasteiger partial charge in [-0.15, -0.1) is 0 Å². The van der Waals surface area contributed by atoms with Crippen molar-refractivity contribution in [1.29, 1.82) is 0 Å². The van der Waals surface area contributed by atoms with E-state index < -0.39 is 5.97 Å². The number of hydrogen-bond donors (Lipinski definition) is 1. The van der Waals surface area contributed by atoms with Crippen LogP contribution in [0, 0.1) is 5.92 Å². The summed E-state index contributed by atoms with van der Waals surface area (Å²) in [4.78, 5) is 11.7. The Balaban J connectivity index is 3.31. The molecule has 0 heterocycles. The lowest BCUT2D eigenvalue weighted by Crippen LogP contribution is -2.13. The molecule has 0 aliphatic carbocycles. The molecule has 1 atom stereocenters. The first-order valence-electron chi connectivity index (χ1n) is 22.9. The van der Waals surface area contributed by atoms with Gasteiger partial charge in [0.15, 0.2) is 0 Å². The van der Waals surface area contributed by atoms with Crippen molar-refractivity contribution in [3.63, 3.8) is 0 Å². The molecule has 48 heavy (non-hydrogen) atoms. The van der Waals surface area contributed by atoms with Crippen LogP contribution in [0.4, 0.5) is 0 Å². The maximum atomic E-state index is 11.7. The summed E-state index contributed by atoms with van der Waals surface area (Å²) in [5.74, 6) is -0.652. The van der Waals surface area contributed by atoms with E-state index in [1.165, 1.54) is 244 Å². The molecule has 0 fully saturated rings. The Morgan fingerprint density at radius 1 is 0.292 bits per heavy atom. The Kier molecular flexibility index (Phi) is 42.2. The summed E-state index contributed by atoms with van der Waals surface area (Å²) in [7, 11) is 0. The summed E-state index contributed by atoms with van der Waals surface area (Å²) in [6.45, 7) is 4.59. The highest BCUT2D eigenvalue weighted by molar-refractivity contribution is 5.69. The van der Waals surface area contributed by atoms with E-state index in [-0.39, 0.29) is 5.92 Å². The van der Waals surface area contributed by atoms with Gasteiger partial charge in [0.05, 0.1) is 5.92 Å². The second kappa shape index (κ2) is 42.6. The van der Waals surface area contributed by atoms with Gasteiger partial charge in [-0.3, -0.25) is 4.79 Å². The molecule has 0 aliphatic heterocycles. The van der Waals surface area contributed by atoms with Gasteiger partial charge in [-0.1, -0.05) is 271 Å². The normalized spacial score (nSPS) is 12.2. The fraction of sp³-hybridized carbons (Fsp3) is 0.978. The van der Waals surface area contributed by atoms with E-state index >= 15 is 0 Å². The third-order valence-electron chi connectivity index (χ3n) is 11.2. The Hall–Kier alpha value is -0.530. The first-order chi connectivity index (χ1) is 23.7. The van der Waals surface area contributed by atoms with Gasteiger partial charge in [-0.25, -0.2) is 0 Å². The molecule has 0 saturated carbocycles. The van der Waals surface area contributed by atoms with E-state index in [2.05, 4.69) is 13.8 Å². The Morgan fingerprint density at radius 2 is 0.438 bits per heavy atom. The number of hydrogen-bond acceptors (Lipinski definition) is 1. The lowest BCUT2D eigenvalue weighted by Gasteiger charge is -2.12. The van der Waals surface area contributed by atoms with Crippen molar-refractivity contribution >= 4 is 5.97 Å². The predicted octanol–water partition coefficient (Wildman–Crippen LogP) is 17.1. The summed E-state index contributed by atoms with van der Waals surface area (Å²) in [5.41, 5.74) is 0. The van der Waals surface area contributed by atoms with Crippen molar-refractivity contribution in [1.82, 2.24) is 0 Å². The van der Waals surface area contributed by atoms with Gasteiger partial charge in [0, 0.05) is 0 Å². The molecule has 0 bridgehead atoms. The van der Waals surface area contributed by atoms with Crippen LogP contribution in [0.5, 0.6) is 0 Å². The molecule has 0 aromatic rings. The number of carboxylic acid groups (broad SMARTS) is 1. The Bertz CT molecular complexity index is 587.